The second-order valence-corrected chi connectivity index (χ2v) is 44.7. The van der Waals surface area contributed by atoms with Gasteiger partial charge in [-0.2, -0.15) is 0 Å². The number of hydrogen-bond acceptors (Lipinski definition) is 12. The fourth-order valence-electron chi connectivity index (χ4n) is 11.6. The predicted octanol–water partition coefficient (Wildman–Crippen LogP) is 17.6. The van der Waals surface area contributed by atoms with Gasteiger partial charge < -0.3 is 51.2 Å². The van der Waals surface area contributed by atoms with Gasteiger partial charge in [0, 0.05) is 56.8 Å². The van der Waals surface area contributed by atoms with E-state index in [0.717, 1.165) is 56.3 Å². The third-order valence-electron chi connectivity index (χ3n) is 20.5. The van der Waals surface area contributed by atoms with Crippen molar-refractivity contribution in [1.29, 1.82) is 0 Å². The van der Waals surface area contributed by atoms with E-state index < -0.39 is 37.3 Å². The molecule has 0 unspecified atom stereocenters. The van der Waals surface area contributed by atoms with E-state index in [1.807, 2.05) is 68.8 Å². The van der Waals surface area contributed by atoms with Crippen molar-refractivity contribution in [3.05, 3.63) is 89.5 Å². The van der Waals surface area contributed by atoms with E-state index in [9.17, 15) is 4.79 Å². The maximum Gasteiger partial charge on any atom is 0.338 e. The zero-order chi connectivity index (χ0) is 63.5. The molecule has 5 rings (SSSR count). The Morgan fingerprint density at radius 1 is 0.694 bits per heavy atom. The minimum atomic E-state index is -2.38. The average Bonchev–Trinajstić information content (AvgIpc) is 3.35. The summed E-state index contributed by atoms with van der Waals surface area (Å²) < 4.78 is 74.3. The first kappa shape index (κ1) is 73.2. The number of carbonyl (C=O) groups excluding carboxylic acids is 1. The molecule has 12 nitrogen and oxygen atoms in total. The lowest BCUT2D eigenvalue weighted by molar-refractivity contribution is -0.278. The summed E-state index contributed by atoms with van der Waals surface area (Å²) in [7, 11) is -1.12. The normalized spacial score (nSPS) is 26.2. The van der Waals surface area contributed by atoms with Crippen LogP contribution in [0, 0.1) is 23.7 Å². The van der Waals surface area contributed by atoms with E-state index >= 15 is 0 Å². The predicted molar refractivity (Wildman–Crippen MR) is 354 cm³/mol. The van der Waals surface area contributed by atoms with Crippen molar-refractivity contribution in [2.75, 3.05) is 27.9 Å². The Bertz CT molecular complexity index is 2370. The third kappa shape index (κ3) is 21.0. The zero-order valence-corrected chi connectivity index (χ0v) is 60.6. The molecule has 0 aromatic heterocycles. The van der Waals surface area contributed by atoms with Crippen LogP contribution in [-0.4, -0.2) is 126 Å². The standard InChI is InChI=1S/C70H120O12Si3/c1-47(46-75-83(19,20)68(7,8)9)33-37-59(81-84(21,22)69(10,11)12)42-56-31-28-32-57(77-56)44-61(74-18)50(4)62-45-63(79-67(78-62)54-35-39-55(72-16)40-36-54)51(5)65(80-66(71)53-29-26-25-27-30-53)52(6)64(82-85(23,24)70(13,14)15)48(2)34-38-58-43-60(73-17)41-49(3)76-58/h25-31,33,35-36,39-40,48-52,56-65,67H,32,34,37-38,41-46H2,1-24H3/b47-33+/t48-,49-,50+,51-,52-,56-,57-,58-,59-,60+,61-,62-,63+,64-,65-,67+/m0/s1. The van der Waals surface area contributed by atoms with Crippen LogP contribution in [0.2, 0.25) is 54.4 Å². The molecule has 16 atom stereocenters. The van der Waals surface area contributed by atoms with Crippen molar-refractivity contribution >= 4 is 30.9 Å². The van der Waals surface area contributed by atoms with Gasteiger partial charge in [-0.05, 0) is 137 Å². The topological polar surface area (TPSA) is 119 Å². The number of methoxy groups -OCH3 is 3. The van der Waals surface area contributed by atoms with Gasteiger partial charge in [0.15, 0.2) is 31.2 Å². The highest BCUT2D eigenvalue weighted by atomic mass is 28.4. The molecule has 3 aliphatic rings. The van der Waals surface area contributed by atoms with Gasteiger partial charge >= 0.3 is 5.97 Å². The van der Waals surface area contributed by atoms with Crippen LogP contribution in [0.25, 0.3) is 0 Å². The molecule has 0 bridgehead atoms. The van der Waals surface area contributed by atoms with Gasteiger partial charge in [0.25, 0.3) is 0 Å². The Kier molecular flexibility index (Phi) is 27.1. The molecule has 0 N–H and O–H groups in total. The number of rotatable bonds is 29. The molecule has 0 spiro atoms. The summed E-state index contributed by atoms with van der Waals surface area (Å²) >= 11 is 0. The lowest BCUT2D eigenvalue weighted by Crippen LogP contribution is -2.53. The Labute approximate surface area is 520 Å². The first-order chi connectivity index (χ1) is 39.5. The molecule has 0 amide bonds. The van der Waals surface area contributed by atoms with Crippen LogP contribution in [0.3, 0.4) is 0 Å². The van der Waals surface area contributed by atoms with Crippen molar-refractivity contribution < 1.29 is 56.0 Å². The monoisotopic (exact) mass is 1240 g/mol. The van der Waals surface area contributed by atoms with Crippen molar-refractivity contribution in [3.8, 4) is 5.75 Å². The first-order valence-electron chi connectivity index (χ1n) is 32.4. The van der Waals surface area contributed by atoms with Crippen LogP contribution in [0.15, 0.2) is 78.4 Å². The molecule has 2 aromatic rings. The maximum atomic E-state index is 14.6. The number of hydrogen-bond donors (Lipinski definition) is 0. The van der Waals surface area contributed by atoms with Gasteiger partial charge in [0.05, 0.1) is 80.3 Å². The van der Waals surface area contributed by atoms with Gasteiger partial charge in [-0.15, -0.1) is 0 Å². The van der Waals surface area contributed by atoms with E-state index in [4.69, 9.17) is 51.2 Å². The fourth-order valence-corrected chi connectivity index (χ4v) is 15.5. The number of esters is 1. The number of ether oxygens (including phenoxy) is 8. The summed E-state index contributed by atoms with van der Waals surface area (Å²) in [6, 6.07) is 17.3. The summed E-state index contributed by atoms with van der Waals surface area (Å²) in [4.78, 5) is 14.6. The summed E-state index contributed by atoms with van der Waals surface area (Å²) in [6.07, 6.45) is 11.7. The summed E-state index contributed by atoms with van der Waals surface area (Å²) in [5.74, 6) is -0.0964. The molecule has 0 aliphatic carbocycles. The molecule has 2 fully saturated rings. The van der Waals surface area contributed by atoms with Gasteiger partial charge in [-0.1, -0.05) is 144 Å². The Balaban J connectivity index is 1.45. The number of benzene rings is 2. The van der Waals surface area contributed by atoms with Crippen LogP contribution < -0.4 is 4.74 Å². The van der Waals surface area contributed by atoms with E-state index in [0.29, 0.717) is 25.0 Å². The summed E-state index contributed by atoms with van der Waals surface area (Å²) in [5, 5.41) is 0.145. The molecule has 3 aliphatic heterocycles. The maximum absolute atomic E-state index is 14.6. The molecule has 484 valence electrons. The van der Waals surface area contributed by atoms with Crippen molar-refractivity contribution in [1.82, 2.24) is 0 Å². The fraction of sp³-hybridized carbons (Fsp3) is 0.757. The van der Waals surface area contributed by atoms with Crippen LogP contribution >= 0.6 is 0 Å². The smallest absolute Gasteiger partial charge is 0.338 e. The Hall–Kier alpha value is -2.52. The lowest BCUT2D eigenvalue weighted by Gasteiger charge is -2.47. The zero-order valence-electron chi connectivity index (χ0n) is 57.6. The summed E-state index contributed by atoms with van der Waals surface area (Å²) in [6.45, 7) is 48.6. The summed E-state index contributed by atoms with van der Waals surface area (Å²) in [5.41, 5.74) is 2.63. The molecule has 0 radical (unpaired) electrons. The third-order valence-corrected chi connectivity index (χ3v) is 34.0. The molecule has 85 heavy (non-hydrogen) atoms. The van der Waals surface area contributed by atoms with E-state index in [-0.39, 0.29) is 106 Å². The molecular weight excluding hydrogens is 1120 g/mol. The van der Waals surface area contributed by atoms with Crippen LogP contribution in [-0.2, 0) is 46.4 Å². The Morgan fingerprint density at radius 3 is 1.87 bits per heavy atom. The second-order valence-electron chi connectivity index (χ2n) is 30.3. The molecule has 2 aromatic carbocycles. The van der Waals surface area contributed by atoms with Crippen LogP contribution in [0.1, 0.15) is 184 Å². The van der Waals surface area contributed by atoms with E-state index in [2.05, 4.69) is 161 Å². The highest BCUT2D eigenvalue weighted by Gasteiger charge is 2.49. The Morgan fingerprint density at radius 2 is 1.29 bits per heavy atom. The van der Waals surface area contributed by atoms with Gasteiger partial charge in [0.1, 0.15) is 11.9 Å². The highest BCUT2D eigenvalue weighted by molar-refractivity contribution is 6.75. The quantitative estimate of drug-likeness (QED) is 0.0438. The van der Waals surface area contributed by atoms with E-state index in [1.165, 1.54) is 5.57 Å². The van der Waals surface area contributed by atoms with Crippen molar-refractivity contribution in [2.24, 2.45) is 23.7 Å². The van der Waals surface area contributed by atoms with Gasteiger partial charge in [0.2, 0.25) is 0 Å². The first-order valence-corrected chi connectivity index (χ1v) is 41.1. The molecule has 15 heteroatoms. The van der Waals surface area contributed by atoms with Crippen LogP contribution in [0.4, 0.5) is 0 Å². The molecule has 3 heterocycles. The SMILES string of the molecule is COc1ccc([C@@H]2O[C@H]([C@H](C)[C@H](C[C@@H]3CC=C[C@@H](C[C@H](C/C=C(\C)CO[Si](C)(C)C(C)(C)C)O[Si](C)(C)C(C)(C)C)O3)OC)C[C@H]([C@H](C)[C@H](OC(=O)c3ccccc3)[C@@H](C)[C@@H](O[Si](C)(C)C(C)(C)C)[C@@H](C)CC[C@H]3C[C@H](OC)C[C@H](C)O3)O2)cc1. The minimum absolute atomic E-state index is 0.0152. The highest BCUT2D eigenvalue weighted by Crippen LogP contribution is 2.45. The van der Waals surface area contributed by atoms with E-state index in [1.54, 1.807) is 7.11 Å². The second kappa shape index (κ2) is 31.5. The lowest BCUT2D eigenvalue weighted by atomic mass is 9.78. The van der Waals surface area contributed by atoms with Gasteiger partial charge in [-0.3, -0.25) is 0 Å². The van der Waals surface area contributed by atoms with Gasteiger partial charge in [-0.25, -0.2) is 4.79 Å². The minimum Gasteiger partial charge on any atom is -0.497 e. The molecule has 0 saturated carbocycles. The van der Waals surface area contributed by atoms with Crippen molar-refractivity contribution in [2.45, 2.75) is 289 Å². The van der Waals surface area contributed by atoms with Crippen LogP contribution in [0.5, 0.6) is 5.75 Å². The average molecular weight is 1240 g/mol. The van der Waals surface area contributed by atoms with Crippen molar-refractivity contribution in [3.63, 3.8) is 0 Å². The largest absolute Gasteiger partial charge is 0.497 e. The molecule has 2 saturated heterocycles. The molecular formula is C70H120O12Si3. The number of carbonyl (C=O) groups is 1.